The molecule has 2 aromatic rings. The number of hydrogen-bond acceptors (Lipinski definition) is 5. The first-order chi connectivity index (χ1) is 10.7. The fourth-order valence-electron chi connectivity index (χ4n) is 1.79. The van der Waals surface area contributed by atoms with Crippen LogP contribution in [-0.2, 0) is 6.61 Å². The van der Waals surface area contributed by atoms with Gasteiger partial charge in [0.15, 0.2) is 5.76 Å². The lowest BCUT2D eigenvalue weighted by Gasteiger charge is -2.06. The van der Waals surface area contributed by atoms with Gasteiger partial charge in [0.2, 0.25) is 0 Å². The smallest absolute Gasteiger partial charge is 0.287 e. The summed E-state index contributed by atoms with van der Waals surface area (Å²) in [6, 6.07) is 10.7. The van der Waals surface area contributed by atoms with Crippen LogP contribution in [0.2, 0.25) is 0 Å². The van der Waals surface area contributed by atoms with Crippen LogP contribution in [0.5, 0.6) is 11.5 Å². The van der Waals surface area contributed by atoms with Gasteiger partial charge in [0.1, 0.15) is 23.9 Å². The van der Waals surface area contributed by atoms with Gasteiger partial charge in [-0.2, -0.15) is 12.6 Å². The van der Waals surface area contributed by atoms with E-state index < -0.39 is 0 Å². The van der Waals surface area contributed by atoms with Crippen LogP contribution in [0, 0.1) is 0 Å². The third-order valence-electron chi connectivity index (χ3n) is 2.80. The highest BCUT2D eigenvalue weighted by atomic mass is 32.1. The molecule has 22 heavy (non-hydrogen) atoms. The molecular formula is C16H19NO4S. The van der Waals surface area contributed by atoms with Crippen molar-refractivity contribution >= 4 is 18.5 Å². The molecule has 1 N–H and O–H groups in total. The van der Waals surface area contributed by atoms with Crippen molar-refractivity contribution in [1.29, 1.82) is 0 Å². The first-order valence-corrected chi connectivity index (χ1v) is 7.69. The number of ether oxygens (including phenoxy) is 2. The lowest BCUT2D eigenvalue weighted by atomic mass is 10.3. The maximum absolute atomic E-state index is 11.7. The molecule has 5 nitrogen and oxygen atoms in total. The third kappa shape index (κ3) is 4.73. The fraction of sp³-hybridized carbons (Fsp3) is 0.312. The Labute approximate surface area is 135 Å². The SMILES string of the molecule is CCOc1ccc(OCc2ccc(C(=O)NCCS)o2)cc1. The van der Waals surface area contributed by atoms with E-state index in [1.807, 2.05) is 31.2 Å². The number of rotatable bonds is 8. The summed E-state index contributed by atoms with van der Waals surface area (Å²) >= 11 is 4.03. The van der Waals surface area contributed by atoms with Crippen LogP contribution in [0.25, 0.3) is 0 Å². The second kappa shape index (κ2) is 8.38. The molecule has 118 valence electrons. The molecule has 0 unspecified atom stereocenters. The number of nitrogens with one attached hydrogen (secondary N) is 1. The molecule has 0 aliphatic carbocycles. The molecule has 1 aromatic heterocycles. The largest absolute Gasteiger partial charge is 0.494 e. The molecule has 0 spiro atoms. The van der Waals surface area contributed by atoms with Gasteiger partial charge in [-0.15, -0.1) is 0 Å². The third-order valence-corrected chi connectivity index (χ3v) is 3.02. The zero-order valence-corrected chi connectivity index (χ0v) is 13.3. The van der Waals surface area contributed by atoms with Crippen LogP contribution in [0.15, 0.2) is 40.8 Å². The average molecular weight is 321 g/mol. The monoisotopic (exact) mass is 321 g/mol. The summed E-state index contributed by atoms with van der Waals surface area (Å²) in [6.45, 7) is 3.32. The highest BCUT2D eigenvalue weighted by molar-refractivity contribution is 7.80. The maximum Gasteiger partial charge on any atom is 0.287 e. The van der Waals surface area contributed by atoms with Crippen molar-refractivity contribution in [3.8, 4) is 11.5 Å². The van der Waals surface area contributed by atoms with Gasteiger partial charge >= 0.3 is 0 Å². The minimum absolute atomic E-state index is 0.249. The molecule has 1 amide bonds. The van der Waals surface area contributed by atoms with Crippen molar-refractivity contribution in [2.45, 2.75) is 13.5 Å². The molecule has 0 saturated heterocycles. The molecule has 0 atom stereocenters. The number of benzene rings is 1. The van der Waals surface area contributed by atoms with E-state index in [9.17, 15) is 4.79 Å². The molecular weight excluding hydrogens is 302 g/mol. The normalized spacial score (nSPS) is 10.3. The van der Waals surface area contributed by atoms with Crippen LogP contribution in [-0.4, -0.2) is 24.8 Å². The van der Waals surface area contributed by atoms with E-state index in [0.717, 1.165) is 5.75 Å². The summed E-state index contributed by atoms with van der Waals surface area (Å²) < 4.78 is 16.4. The number of carbonyl (C=O) groups excluding carboxylic acids is 1. The number of hydrogen-bond donors (Lipinski definition) is 2. The van der Waals surface area contributed by atoms with E-state index in [0.29, 0.717) is 30.4 Å². The van der Waals surface area contributed by atoms with Crippen molar-refractivity contribution in [1.82, 2.24) is 5.32 Å². The molecule has 2 rings (SSSR count). The Morgan fingerprint density at radius 1 is 1.14 bits per heavy atom. The predicted octanol–water partition coefficient (Wildman–Crippen LogP) is 2.92. The van der Waals surface area contributed by atoms with Crippen LogP contribution in [0.4, 0.5) is 0 Å². The van der Waals surface area contributed by atoms with Crippen LogP contribution in [0.1, 0.15) is 23.2 Å². The Morgan fingerprint density at radius 2 is 1.82 bits per heavy atom. The van der Waals surface area contributed by atoms with Crippen molar-refractivity contribution in [2.24, 2.45) is 0 Å². The molecule has 0 saturated carbocycles. The number of furan rings is 1. The molecule has 0 fully saturated rings. The fourth-order valence-corrected chi connectivity index (χ4v) is 1.90. The van der Waals surface area contributed by atoms with Crippen molar-refractivity contribution in [3.05, 3.63) is 47.9 Å². The molecule has 0 bridgehead atoms. The standard InChI is InChI=1S/C16H19NO4S/c1-2-19-12-3-5-13(6-4-12)20-11-14-7-8-15(21-14)16(18)17-9-10-22/h3-8,22H,2,9-11H2,1H3,(H,17,18). The first-order valence-electron chi connectivity index (χ1n) is 7.06. The van der Waals surface area contributed by atoms with Crippen LogP contribution in [0.3, 0.4) is 0 Å². The van der Waals surface area contributed by atoms with E-state index in [1.54, 1.807) is 12.1 Å². The lowest BCUT2D eigenvalue weighted by Crippen LogP contribution is -2.24. The van der Waals surface area contributed by atoms with Gasteiger partial charge in [0, 0.05) is 12.3 Å². The Kier molecular flexibility index (Phi) is 6.21. The topological polar surface area (TPSA) is 60.7 Å². The average Bonchev–Trinajstić information content (AvgIpc) is 3.01. The van der Waals surface area contributed by atoms with Gasteiger partial charge < -0.3 is 19.2 Å². The Morgan fingerprint density at radius 3 is 2.45 bits per heavy atom. The molecule has 0 radical (unpaired) electrons. The van der Waals surface area contributed by atoms with Crippen molar-refractivity contribution < 1.29 is 18.7 Å². The Bertz CT molecular complexity index is 594. The van der Waals surface area contributed by atoms with Crippen LogP contribution < -0.4 is 14.8 Å². The molecule has 1 aromatic carbocycles. The number of amides is 1. The van der Waals surface area contributed by atoms with Gasteiger partial charge in [-0.25, -0.2) is 0 Å². The lowest BCUT2D eigenvalue weighted by molar-refractivity contribution is 0.0924. The molecule has 1 heterocycles. The summed E-state index contributed by atoms with van der Waals surface area (Å²) in [4.78, 5) is 11.7. The molecule has 6 heteroatoms. The van der Waals surface area contributed by atoms with Gasteiger partial charge in [-0.3, -0.25) is 4.79 Å². The quantitative estimate of drug-likeness (QED) is 0.734. The summed E-state index contributed by atoms with van der Waals surface area (Å²) in [6.07, 6.45) is 0. The number of thiol groups is 1. The second-order valence-electron chi connectivity index (χ2n) is 4.44. The highest BCUT2D eigenvalue weighted by Crippen LogP contribution is 2.19. The molecule has 0 aliphatic heterocycles. The van der Waals surface area contributed by atoms with E-state index in [2.05, 4.69) is 17.9 Å². The highest BCUT2D eigenvalue weighted by Gasteiger charge is 2.10. The van der Waals surface area contributed by atoms with Gasteiger partial charge in [-0.05, 0) is 43.3 Å². The van der Waals surface area contributed by atoms with Gasteiger partial charge in [0.25, 0.3) is 5.91 Å². The van der Waals surface area contributed by atoms with Gasteiger partial charge in [-0.1, -0.05) is 0 Å². The molecule has 0 aliphatic rings. The zero-order valence-electron chi connectivity index (χ0n) is 12.4. The van der Waals surface area contributed by atoms with E-state index in [-0.39, 0.29) is 18.3 Å². The van der Waals surface area contributed by atoms with Crippen molar-refractivity contribution in [3.63, 3.8) is 0 Å². The summed E-state index contributed by atoms with van der Waals surface area (Å²) in [5.74, 6) is 2.70. The van der Waals surface area contributed by atoms with Crippen LogP contribution >= 0.6 is 12.6 Å². The Balaban J connectivity index is 1.86. The summed E-state index contributed by atoms with van der Waals surface area (Å²) in [5, 5.41) is 2.69. The van der Waals surface area contributed by atoms with Gasteiger partial charge in [0.05, 0.1) is 6.61 Å². The zero-order chi connectivity index (χ0) is 15.8. The minimum atomic E-state index is -0.249. The predicted molar refractivity (Wildman–Crippen MR) is 86.8 cm³/mol. The van der Waals surface area contributed by atoms with Crippen molar-refractivity contribution in [2.75, 3.05) is 18.9 Å². The first kappa shape index (κ1) is 16.3. The van der Waals surface area contributed by atoms with E-state index in [1.165, 1.54) is 0 Å². The second-order valence-corrected chi connectivity index (χ2v) is 4.89. The maximum atomic E-state index is 11.7. The van der Waals surface area contributed by atoms with E-state index in [4.69, 9.17) is 13.9 Å². The summed E-state index contributed by atoms with van der Waals surface area (Å²) in [7, 11) is 0. The summed E-state index contributed by atoms with van der Waals surface area (Å²) in [5.41, 5.74) is 0. The number of carbonyl (C=O) groups is 1. The van der Waals surface area contributed by atoms with E-state index >= 15 is 0 Å². The Hall–Kier alpha value is -2.08. The minimum Gasteiger partial charge on any atom is -0.494 e.